The Morgan fingerprint density at radius 2 is 1.92 bits per heavy atom. The first-order chi connectivity index (χ1) is 17.1. The summed E-state index contributed by atoms with van der Waals surface area (Å²) in [6, 6.07) is 11.8. The number of carbonyl (C=O) groups excluding carboxylic acids is 1. The van der Waals surface area contributed by atoms with Gasteiger partial charge >= 0.3 is 5.76 Å². The van der Waals surface area contributed by atoms with Crippen molar-refractivity contribution >= 4 is 44.5 Å². The Hall–Kier alpha value is -2.76. The van der Waals surface area contributed by atoms with Gasteiger partial charge in [-0.2, -0.15) is 16.5 Å². The molecule has 0 aliphatic carbocycles. The van der Waals surface area contributed by atoms with Crippen LogP contribution in [0.5, 0.6) is 0 Å². The average Bonchev–Trinajstić information content (AvgIpc) is 3.14. The van der Waals surface area contributed by atoms with Gasteiger partial charge in [0.2, 0.25) is 15.9 Å². The number of thioether (sulfide) groups is 1. The van der Waals surface area contributed by atoms with E-state index in [0.29, 0.717) is 37.3 Å². The maximum Gasteiger partial charge on any atom is 0.419 e. The molecule has 2 atom stereocenters. The number of fused-ring (bicyclic) bond motifs is 1. The Bertz CT molecular complexity index is 1400. The summed E-state index contributed by atoms with van der Waals surface area (Å²) in [6.45, 7) is 5.80. The van der Waals surface area contributed by atoms with Crippen LogP contribution in [0.15, 0.2) is 56.6 Å². The van der Waals surface area contributed by atoms with Crippen LogP contribution < -0.4 is 15.4 Å². The number of aromatic nitrogens is 1. The number of nitrogens with zero attached hydrogens (tertiary/aromatic N) is 3. The van der Waals surface area contributed by atoms with Gasteiger partial charge in [-0.1, -0.05) is 17.7 Å². The number of hydrogen-bond donors (Lipinski definition) is 1. The predicted octanol–water partition coefficient (Wildman–Crippen LogP) is 2.58. The Balaban J connectivity index is 1.51. The first kappa shape index (κ1) is 26.3. The number of piperazine rings is 1. The first-order valence-corrected chi connectivity index (χ1v) is 14.7. The Labute approximate surface area is 215 Å². The normalized spacial score (nSPS) is 17.5. The quantitative estimate of drug-likeness (QED) is 0.475. The Morgan fingerprint density at radius 1 is 1.19 bits per heavy atom. The molecule has 9 nitrogen and oxygen atoms in total. The lowest BCUT2D eigenvalue weighted by Crippen LogP contribution is -2.58. The number of anilines is 1. The zero-order valence-electron chi connectivity index (χ0n) is 20.9. The minimum Gasteiger partial charge on any atom is -0.408 e. The fraction of sp³-hybridized carbons (Fsp3) is 0.440. The van der Waals surface area contributed by atoms with Crippen molar-refractivity contribution in [3.8, 4) is 0 Å². The van der Waals surface area contributed by atoms with Gasteiger partial charge in [0.15, 0.2) is 5.58 Å². The third kappa shape index (κ3) is 5.47. The standard InChI is InChI=1S/C25H32N4O5S2/c1-17-5-7-19(8-6-17)29-13-12-28(16-18(29)2)24(30)21(11-14-35-4)26-36(32,33)20-9-10-22-23(15-20)34-25(31)27(22)3/h5-10,15,18,21,26H,11-14,16H2,1-4H3. The molecule has 3 aromatic rings. The summed E-state index contributed by atoms with van der Waals surface area (Å²) >= 11 is 1.56. The summed E-state index contributed by atoms with van der Waals surface area (Å²) in [5.74, 6) is -0.167. The highest BCUT2D eigenvalue weighted by Crippen LogP contribution is 2.23. The highest BCUT2D eigenvalue weighted by molar-refractivity contribution is 7.98. The van der Waals surface area contributed by atoms with Crippen molar-refractivity contribution in [3.63, 3.8) is 0 Å². The zero-order valence-corrected chi connectivity index (χ0v) is 22.6. The smallest absolute Gasteiger partial charge is 0.408 e. The molecule has 1 N–H and O–H groups in total. The number of hydrogen-bond acceptors (Lipinski definition) is 7. The van der Waals surface area contributed by atoms with Crippen LogP contribution in [0.2, 0.25) is 0 Å². The highest BCUT2D eigenvalue weighted by Gasteiger charge is 2.33. The lowest BCUT2D eigenvalue weighted by atomic mass is 10.1. The monoisotopic (exact) mass is 532 g/mol. The van der Waals surface area contributed by atoms with Gasteiger partial charge in [-0.05, 0) is 56.5 Å². The van der Waals surface area contributed by atoms with Crippen LogP contribution >= 0.6 is 11.8 Å². The van der Waals surface area contributed by atoms with Crippen LogP contribution in [0, 0.1) is 6.92 Å². The molecule has 194 valence electrons. The molecule has 2 aromatic carbocycles. The highest BCUT2D eigenvalue weighted by atomic mass is 32.2. The van der Waals surface area contributed by atoms with E-state index in [1.165, 1.54) is 28.3 Å². The van der Waals surface area contributed by atoms with Crippen molar-refractivity contribution in [3.05, 3.63) is 58.6 Å². The second kappa shape index (κ2) is 10.7. The van der Waals surface area contributed by atoms with Crippen LogP contribution in [0.1, 0.15) is 18.9 Å². The van der Waals surface area contributed by atoms with E-state index in [2.05, 4.69) is 40.8 Å². The molecule has 1 saturated heterocycles. The number of aryl methyl sites for hydroxylation is 2. The summed E-state index contributed by atoms with van der Waals surface area (Å²) in [6.07, 6.45) is 2.29. The molecule has 36 heavy (non-hydrogen) atoms. The van der Waals surface area contributed by atoms with Gasteiger partial charge < -0.3 is 14.2 Å². The minimum atomic E-state index is -4.03. The lowest BCUT2D eigenvalue weighted by Gasteiger charge is -2.42. The number of rotatable bonds is 8. The molecule has 11 heteroatoms. The first-order valence-electron chi connectivity index (χ1n) is 11.8. The Kier molecular flexibility index (Phi) is 7.82. The molecular formula is C25H32N4O5S2. The van der Waals surface area contributed by atoms with Crippen LogP contribution in [-0.2, 0) is 21.9 Å². The van der Waals surface area contributed by atoms with Gasteiger partial charge in [0.25, 0.3) is 0 Å². The minimum absolute atomic E-state index is 0.0520. The van der Waals surface area contributed by atoms with Crippen LogP contribution in [0.3, 0.4) is 0 Å². The van der Waals surface area contributed by atoms with Gasteiger partial charge in [0, 0.05) is 44.5 Å². The molecule has 1 fully saturated rings. The number of carbonyl (C=O) groups is 1. The van der Waals surface area contributed by atoms with Gasteiger partial charge in [-0.3, -0.25) is 9.36 Å². The number of oxazole rings is 1. The van der Waals surface area contributed by atoms with Crippen LogP contribution in [0.4, 0.5) is 5.69 Å². The second-order valence-corrected chi connectivity index (χ2v) is 11.9. The SMILES string of the molecule is CSCCC(NS(=O)(=O)c1ccc2c(c1)oc(=O)n2C)C(=O)N1CCN(c2ccc(C)cc2)C(C)C1. The summed E-state index contributed by atoms with van der Waals surface area (Å²) < 4.78 is 35.5. The van der Waals surface area contributed by atoms with Crippen molar-refractivity contribution < 1.29 is 17.6 Å². The van der Waals surface area contributed by atoms with Crippen molar-refractivity contribution in [2.75, 3.05) is 36.5 Å². The van der Waals surface area contributed by atoms with E-state index < -0.39 is 21.8 Å². The van der Waals surface area contributed by atoms with E-state index in [-0.39, 0.29) is 22.4 Å². The van der Waals surface area contributed by atoms with Crippen molar-refractivity contribution in [2.24, 2.45) is 7.05 Å². The number of nitrogens with one attached hydrogen (secondary N) is 1. The molecule has 0 bridgehead atoms. The summed E-state index contributed by atoms with van der Waals surface area (Å²) in [5.41, 5.74) is 2.98. The second-order valence-electron chi connectivity index (χ2n) is 9.17. The van der Waals surface area contributed by atoms with Crippen molar-refractivity contribution in [2.45, 2.75) is 37.2 Å². The maximum absolute atomic E-state index is 13.5. The Morgan fingerprint density at radius 3 is 2.58 bits per heavy atom. The van der Waals surface area contributed by atoms with Gasteiger partial charge in [-0.15, -0.1) is 0 Å². The summed E-state index contributed by atoms with van der Waals surface area (Å²) in [4.78, 5) is 29.3. The fourth-order valence-corrected chi connectivity index (χ4v) is 6.21. The molecule has 0 radical (unpaired) electrons. The van der Waals surface area contributed by atoms with Crippen molar-refractivity contribution in [1.82, 2.24) is 14.2 Å². The molecule has 1 aliphatic heterocycles. The number of amides is 1. The molecule has 1 aromatic heterocycles. The zero-order chi connectivity index (χ0) is 26.0. The summed E-state index contributed by atoms with van der Waals surface area (Å²) in [7, 11) is -2.48. The molecule has 2 heterocycles. The van der Waals surface area contributed by atoms with Gasteiger partial charge in [-0.25, -0.2) is 13.2 Å². The van der Waals surface area contributed by atoms with Crippen LogP contribution in [0.25, 0.3) is 11.1 Å². The molecule has 1 aliphatic rings. The third-order valence-electron chi connectivity index (χ3n) is 6.58. The lowest BCUT2D eigenvalue weighted by molar-refractivity contribution is -0.133. The predicted molar refractivity (Wildman–Crippen MR) is 143 cm³/mol. The van der Waals surface area contributed by atoms with E-state index in [1.807, 2.05) is 13.2 Å². The molecule has 1 amide bonds. The maximum atomic E-state index is 13.5. The van der Waals surface area contributed by atoms with E-state index in [0.717, 1.165) is 5.69 Å². The average molecular weight is 533 g/mol. The molecule has 0 saturated carbocycles. The van der Waals surface area contributed by atoms with Crippen LogP contribution in [-0.4, -0.2) is 67.5 Å². The number of sulfonamides is 1. The van der Waals surface area contributed by atoms with E-state index >= 15 is 0 Å². The van der Waals surface area contributed by atoms with Gasteiger partial charge in [0.1, 0.15) is 6.04 Å². The van der Waals surface area contributed by atoms with E-state index in [9.17, 15) is 18.0 Å². The largest absolute Gasteiger partial charge is 0.419 e. The third-order valence-corrected chi connectivity index (χ3v) is 8.70. The molecule has 4 rings (SSSR count). The summed E-state index contributed by atoms with van der Waals surface area (Å²) in [5, 5.41) is 0. The number of benzene rings is 2. The van der Waals surface area contributed by atoms with Crippen molar-refractivity contribution in [1.29, 1.82) is 0 Å². The van der Waals surface area contributed by atoms with E-state index in [4.69, 9.17) is 4.42 Å². The molecule has 2 unspecified atom stereocenters. The molecular weight excluding hydrogens is 500 g/mol. The topological polar surface area (TPSA) is 105 Å². The van der Waals surface area contributed by atoms with E-state index in [1.54, 1.807) is 23.7 Å². The fourth-order valence-electron chi connectivity index (χ4n) is 4.50. The van der Waals surface area contributed by atoms with Gasteiger partial charge in [0.05, 0.1) is 10.4 Å². The molecule has 0 spiro atoms.